The van der Waals surface area contributed by atoms with Crippen LogP contribution in [0.1, 0.15) is 15.9 Å². The molecule has 0 aliphatic heterocycles. The van der Waals surface area contributed by atoms with Crippen LogP contribution in [0.3, 0.4) is 0 Å². The zero-order chi connectivity index (χ0) is 9.42. The van der Waals surface area contributed by atoms with Gasteiger partial charge in [-0.1, -0.05) is 11.6 Å². The number of rotatable bonds is 1. The van der Waals surface area contributed by atoms with Crippen LogP contribution in [0.4, 0.5) is 0 Å². The maximum atomic E-state index is 10.6. The highest BCUT2D eigenvalue weighted by molar-refractivity contribution is 6.35. The van der Waals surface area contributed by atoms with E-state index in [1.165, 1.54) is 0 Å². The number of carbonyl (C=O) groups excluding carboxylic acids is 1. The molecule has 0 unspecified atom stereocenters. The number of benzene rings is 1. The number of hydrogen-bond acceptors (Lipinski definition) is 1. The molecule has 0 aliphatic rings. The highest BCUT2D eigenvalue weighted by atomic mass is 35.5. The van der Waals surface area contributed by atoms with E-state index >= 15 is 0 Å². The summed E-state index contributed by atoms with van der Waals surface area (Å²) in [6, 6.07) is 3.49. The summed E-state index contributed by atoms with van der Waals surface area (Å²) in [6.45, 7) is 1.98. The van der Waals surface area contributed by atoms with Crippen molar-refractivity contribution >= 4 is 28.8 Å². The van der Waals surface area contributed by atoms with Crippen LogP contribution in [-0.4, -0.2) is 11.3 Å². The van der Waals surface area contributed by atoms with E-state index in [-0.39, 0.29) is 0 Å². The fourth-order valence-electron chi connectivity index (χ4n) is 1.41. The number of nitrogens with one attached hydrogen (secondary N) is 1. The number of aryl methyl sites for hydroxylation is 1. The first-order valence-electron chi connectivity index (χ1n) is 3.95. The molecule has 0 spiro atoms. The molecule has 2 nitrogen and oxygen atoms in total. The summed E-state index contributed by atoms with van der Waals surface area (Å²) in [6.07, 6.45) is 2.68. The SMILES string of the molecule is Cc1c[nH]c2c(Cl)cc(C=O)cc12. The summed E-state index contributed by atoms with van der Waals surface area (Å²) < 4.78 is 0. The van der Waals surface area contributed by atoms with Crippen LogP contribution in [0, 0.1) is 6.92 Å². The van der Waals surface area contributed by atoms with E-state index in [1.54, 1.807) is 6.07 Å². The minimum atomic E-state index is 0.590. The van der Waals surface area contributed by atoms with Gasteiger partial charge in [0.25, 0.3) is 0 Å². The van der Waals surface area contributed by atoms with E-state index in [9.17, 15) is 4.79 Å². The molecule has 13 heavy (non-hydrogen) atoms. The lowest BCUT2D eigenvalue weighted by atomic mass is 10.1. The van der Waals surface area contributed by atoms with Gasteiger partial charge in [0.2, 0.25) is 0 Å². The maximum absolute atomic E-state index is 10.6. The largest absolute Gasteiger partial charge is 0.360 e. The number of fused-ring (bicyclic) bond motifs is 1. The first-order valence-corrected chi connectivity index (χ1v) is 4.32. The molecule has 0 saturated carbocycles. The number of hydrogen-bond donors (Lipinski definition) is 1. The van der Waals surface area contributed by atoms with E-state index in [0.717, 1.165) is 22.8 Å². The number of aldehydes is 1. The van der Waals surface area contributed by atoms with Gasteiger partial charge in [-0.3, -0.25) is 4.79 Å². The molecule has 1 N–H and O–H groups in total. The molecule has 0 atom stereocenters. The predicted molar refractivity (Wildman–Crippen MR) is 53.4 cm³/mol. The Morgan fingerprint density at radius 2 is 2.23 bits per heavy atom. The number of halogens is 1. The minimum Gasteiger partial charge on any atom is -0.360 e. The molecule has 0 radical (unpaired) electrons. The molecule has 0 aliphatic carbocycles. The third-order valence-corrected chi connectivity index (χ3v) is 2.40. The van der Waals surface area contributed by atoms with Crippen molar-refractivity contribution in [2.45, 2.75) is 6.92 Å². The molecule has 2 aromatic rings. The van der Waals surface area contributed by atoms with Gasteiger partial charge in [-0.25, -0.2) is 0 Å². The first kappa shape index (κ1) is 8.32. The maximum Gasteiger partial charge on any atom is 0.150 e. The Morgan fingerprint density at radius 1 is 1.46 bits per heavy atom. The molecule has 66 valence electrons. The Morgan fingerprint density at radius 3 is 2.92 bits per heavy atom. The lowest BCUT2D eigenvalue weighted by molar-refractivity contribution is 0.112. The van der Waals surface area contributed by atoms with Crippen LogP contribution >= 0.6 is 11.6 Å². The van der Waals surface area contributed by atoms with Gasteiger partial charge in [-0.15, -0.1) is 0 Å². The van der Waals surface area contributed by atoms with Crippen molar-refractivity contribution in [2.24, 2.45) is 0 Å². The third-order valence-electron chi connectivity index (χ3n) is 2.11. The molecule has 1 heterocycles. The second kappa shape index (κ2) is 2.89. The van der Waals surface area contributed by atoms with Crippen molar-refractivity contribution in [2.75, 3.05) is 0 Å². The second-order valence-electron chi connectivity index (χ2n) is 3.01. The van der Waals surface area contributed by atoms with Crippen LogP contribution in [0.15, 0.2) is 18.3 Å². The van der Waals surface area contributed by atoms with Crippen molar-refractivity contribution in [3.05, 3.63) is 34.5 Å². The molecule has 3 heteroatoms. The summed E-state index contributed by atoms with van der Waals surface area (Å²) >= 11 is 5.96. The van der Waals surface area contributed by atoms with Gasteiger partial charge in [0.1, 0.15) is 6.29 Å². The number of aromatic amines is 1. The van der Waals surface area contributed by atoms with E-state index in [4.69, 9.17) is 11.6 Å². The summed E-state index contributed by atoms with van der Waals surface area (Å²) in [4.78, 5) is 13.6. The lowest BCUT2D eigenvalue weighted by Gasteiger charge is -1.96. The molecule has 0 saturated heterocycles. The van der Waals surface area contributed by atoms with Gasteiger partial charge in [0.15, 0.2) is 0 Å². The van der Waals surface area contributed by atoms with E-state index in [2.05, 4.69) is 4.98 Å². The summed E-state index contributed by atoms with van der Waals surface area (Å²) in [5.41, 5.74) is 2.60. The normalized spacial score (nSPS) is 10.6. The molecular formula is C10H8ClNO. The van der Waals surface area contributed by atoms with Crippen molar-refractivity contribution in [3.63, 3.8) is 0 Å². The van der Waals surface area contributed by atoms with Gasteiger partial charge in [0.05, 0.1) is 10.5 Å². The van der Waals surface area contributed by atoms with Crippen LogP contribution in [0.2, 0.25) is 5.02 Å². The van der Waals surface area contributed by atoms with Crippen molar-refractivity contribution in [1.82, 2.24) is 4.98 Å². The third kappa shape index (κ3) is 1.23. The molecule has 0 fully saturated rings. The van der Waals surface area contributed by atoms with E-state index < -0.39 is 0 Å². The number of H-pyrrole nitrogens is 1. The standard InChI is InChI=1S/C10H8ClNO/c1-6-4-12-10-8(6)2-7(5-13)3-9(10)11/h2-5,12H,1H3. The van der Waals surface area contributed by atoms with Crippen LogP contribution in [-0.2, 0) is 0 Å². The predicted octanol–water partition coefficient (Wildman–Crippen LogP) is 2.94. The smallest absolute Gasteiger partial charge is 0.150 e. The van der Waals surface area contributed by atoms with Gasteiger partial charge in [-0.2, -0.15) is 0 Å². The number of carbonyl (C=O) groups is 1. The zero-order valence-electron chi connectivity index (χ0n) is 7.10. The highest BCUT2D eigenvalue weighted by Gasteiger charge is 2.05. The fraction of sp³-hybridized carbons (Fsp3) is 0.100. The lowest BCUT2D eigenvalue weighted by Crippen LogP contribution is -1.80. The zero-order valence-corrected chi connectivity index (χ0v) is 7.85. The molecule has 0 amide bonds. The monoisotopic (exact) mass is 193 g/mol. The average molecular weight is 194 g/mol. The van der Waals surface area contributed by atoms with Crippen molar-refractivity contribution < 1.29 is 4.79 Å². The average Bonchev–Trinajstić information content (AvgIpc) is 2.48. The Hall–Kier alpha value is -1.28. The molecule has 2 rings (SSSR count). The van der Waals surface area contributed by atoms with Gasteiger partial charge < -0.3 is 4.98 Å². The summed E-state index contributed by atoms with van der Waals surface area (Å²) in [5.74, 6) is 0. The molecular weight excluding hydrogens is 186 g/mol. The van der Waals surface area contributed by atoms with Crippen LogP contribution < -0.4 is 0 Å². The van der Waals surface area contributed by atoms with E-state index in [0.29, 0.717) is 10.6 Å². The summed E-state index contributed by atoms with van der Waals surface area (Å²) in [7, 11) is 0. The Balaban J connectivity index is 2.87. The van der Waals surface area contributed by atoms with Crippen LogP contribution in [0.5, 0.6) is 0 Å². The minimum absolute atomic E-state index is 0.590. The van der Waals surface area contributed by atoms with Gasteiger partial charge >= 0.3 is 0 Å². The molecule has 1 aromatic carbocycles. The topological polar surface area (TPSA) is 32.9 Å². The van der Waals surface area contributed by atoms with Crippen molar-refractivity contribution in [1.29, 1.82) is 0 Å². The van der Waals surface area contributed by atoms with E-state index in [1.807, 2.05) is 19.2 Å². The van der Waals surface area contributed by atoms with Crippen molar-refractivity contribution in [3.8, 4) is 0 Å². The fourth-order valence-corrected chi connectivity index (χ4v) is 1.69. The first-order chi connectivity index (χ1) is 6.22. The second-order valence-corrected chi connectivity index (χ2v) is 3.42. The Kier molecular flexibility index (Phi) is 1.85. The van der Waals surface area contributed by atoms with Crippen LogP contribution in [0.25, 0.3) is 10.9 Å². The Bertz CT molecular complexity index is 473. The van der Waals surface area contributed by atoms with Gasteiger partial charge in [-0.05, 0) is 24.6 Å². The highest BCUT2D eigenvalue weighted by Crippen LogP contribution is 2.26. The van der Waals surface area contributed by atoms with Gasteiger partial charge in [0, 0.05) is 17.1 Å². The quantitative estimate of drug-likeness (QED) is 0.694. The summed E-state index contributed by atoms with van der Waals surface area (Å²) in [5, 5.41) is 1.60. The Labute approximate surface area is 80.5 Å². The molecule has 0 bridgehead atoms. The number of aromatic nitrogens is 1. The molecule has 1 aromatic heterocycles.